The molecule has 1 aromatic rings. The standard InChI is InChI=1S/C16H25NO3S/c1-11-9-15(20-5)16(10-12(11)2)21(18,19)17-13(3)7-6-8-14(17)4/h9-10,13-14H,6-8H2,1-5H3/t13-,14-/m1/s1. The Kier molecular flexibility index (Phi) is 4.63. The predicted octanol–water partition coefficient (Wildman–Crippen LogP) is 3.26. The van der Waals surface area contributed by atoms with E-state index < -0.39 is 10.0 Å². The van der Waals surface area contributed by atoms with Gasteiger partial charge in [-0.05, 0) is 63.8 Å². The van der Waals surface area contributed by atoms with Crippen LogP contribution in [0.4, 0.5) is 0 Å². The molecular weight excluding hydrogens is 286 g/mol. The number of aryl methyl sites for hydroxylation is 2. The summed E-state index contributed by atoms with van der Waals surface area (Å²) in [6.07, 6.45) is 2.91. The zero-order chi connectivity index (χ0) is 15.8. The molecule has 1 aliphatic heterocycles. The van der Waals surface area contributed by atoms with Crippen LogP contribution in [0.5, 0.6) is 5.75 Å². The van der Waals surface area contributed by atoms with Gasteiger partial charge in [0.05, 0.1) is 7.11 Å². The Hall–Kier alpha value is -1.07. The fourth-order valence-corrected chi connectivity index (χ4v) is 5.22. The van der Waals surface area contributed by atoms with Crippen LogP contribution in [0.1, 0.15) is 44.2 Å². The molecule has 0 aliphatic carbocycles. The first kappa shape index (κ1) is 16.3. The zero-order valence-corrected chi connectivity index (χ0v) is 14.3. The Morgan fingerprint density at radius 2 is 1.62 bits per heavy atom. The van der Waals surface area contributed by atoms with Gasteiger partial charge in [-0.3, -0.25) is 0 Å². The number of rotatable bonds is 3. The lowest BCUT2D eigenvalue weighted by Gasteiger charge is -2.38. The van der Waals surface area contributed by atoms with Crippen molar-refractivity contribution in [2.75, 3.05) is 7.11 Å². The molecule has 2 atom stereocenters. The summed E-state index contributed by atoms with van der Waals surface area (Å²) in [4.78, 5) is 0.286. The molecule has 0 N–H and O–H groups in total. The van der Waals surface area contributed by atoms with Gasteiger partial charge in [-0.2, -0.15) is 4.31 Å². The smallest absolute Gasteiger partial charge is 0.247 e. The SMILES string of the molecule is COc1cc(C)c(C)cc1S(=O)(=O)N1[C@H](C)CCC[C@H]1C. The van der Waals surface area contributed by atoms with Crippen molar-refractivity contribution in [3.8, 4) is 5.75 Å². The van der Waals surface area contributed by atoms with Crippen molar-refractivity contribution in [3.63, 3.8) is 0 Å². The van der Waals surface area contributed by atoms with Crippen molar-refractivity contribution in [1.82, 2.24) is 4.31 Å². The number of methoxy groups -OCH3 is 1. The van der Waals surface area contributed by atoms with Crippen molar-refractivity contribution < 1.29 is 13.2 Å². The molecule has 0 spiro atoms. The van der Waals surface area contributed by atoms with Crippen LogP contribution in [0.15, 0.2) is 17.0 Å². The van der Waals surface area contributed by atoms with Gasteiger partial charge in [0.15, 0.2) is 0 Å². The molecule has 5 heteroatoms. The van der Waals surface area contributed by atoms with E-state index in [2.05, 4.69) is 0 Å². The van der Waals surface area contributed by atoms with E-state index in [0.717, 1.165) is 30.4 Å². The van der Waals surface area contributed by atoms with E-state index in [1.807, 2.05) is 33.8 Å². The normalized spacial score (nSPS) is 24.0. The van der Waals surface area contributed by atoms with Crippen LogP contribution in [-0.2, 0) is 10.0 Å². The fourth-order valence-electron chi connectivity index (χ4n) is 3.11. The molecule has 0 bridgehead atoms. The van der Waals surface area contributed by atoms with E-state index in [1.165, 1.54) is 7.11 Å². The molecule has 0 saturated carbocycles. The fraction of sp³-hybridized carbons (Fsp3) is 0.625. The van der Waals surface area contributed by atoms with Crippen LogP contribution >= 0.6 is 0 Å². The molecule has 1 aliphatic rings. The Balaban J connectivity index is 2.55. The quantitative estimate of drug-likeness (QED) is 0.861. The van der Waals surface area contributed by atoms with E-state index in [9.17, 15) is 8.42 Å². The summed E-state index contributed by atoms with van der Waals surface area (Å²) in [5.41, 5.74) is 2.00. The van der Waals surface area contributed by atoms with Crippen molar-refractivity contribution in [3.05, 3.63) is 23.3 Å². The third-order valence-corrected chi connectivity index (χ3v) is 6.60. The lowest BCUT2D eigenvalue weighted by molar-refractivity contribution is 0.203. The Bertz CT molecular complexity index is 615. The van der Waals surface area contributed by atoms with Crippen LogP contribution in [0.2, 0.25) is 0 Å². The van der Waals surface area contributed by atoms with E-state index in [0.29, 0.717) is 5.75 Å². The topological polar surface area (TPSA) is 46.6 Å². The predicted molar refractivity (Wildman–Crippen MR) is 84.3 cm³/mol. The van der Waals surface area contributed by atoms with Gasteiger partial charge in [0.2, 0.25) is 10.0 Å². The molecular formula is C16H25NO3S. The summed E-state index contributed by atoms with van der Waals surface area (Å²) in [7, 11) is -2.01. The molecule has 1 aromatic carbocycles. The van der Waals surface area contributed by atoms with Gasteiger partial charge < -0.3 is 4.74 Å². The minimum Gasteiger partial charge on any atom is -0.495 e. The first-order valence-electron chi connectivity index (χ1n) is 7.47. The summed E-state index contributed by atoms with van der Waals surface area (Å²) < 4.78 is 33.2. The maximum Gasteiger partial charge on any atom is 0.247 e. The van der Waals surface area contributed by atoms with Crippen LogP contribution < -0.4 is 4.74 Å². The summed E-state index contributed by atoms with van der Waals surface area (Å²) in [6, 6.07) is 3.61. The summed E-state index contributed by atoms with van der Waals surface area (Å²) in [5.74, 6) is 0.433. The third kappa shape index (κ3) is 2.94. The highest BCUT2D eigenvalue weighted by molar-refractivity contribution is 7.89. The number of benzene rings is 1. The molecule has 4 nitrogen and oxygen atoms in total. The first-order valence-corrected chi connectivity index (χ1v) is 8.91. The highest BCUT2D eigenvalue weighted by Crippen LogP contribution is 2.34. The van der Waals surface area contributed by atoms with Crippen LogP contribution in [0, 0.1) is 13.8 Å². The number of piperidine rings is 1. The molecule has 1 fully saturated rings. The molecule has 0 unspecified atom stereocenters. The van der Waals surface area contributed by atoms with Gasteiger partial charge in [-0.25, -0.2) is 8.42 Å². The molecule has 2 rings (SSSR count). The van der Waals surface area contributed by atoms with Crippen molar-refractivity contribution in [2.45, 2.75) is 63.9 Å². The zero-order valence-electron chi connectivity index (χ0n) is 13.5. The highest BCUT2D eigenvalue weighted by Gasteiger charge is 2.37. The minimum absolute atomic E-state index is 0.0325. The van der Waals surface area contributed by atoms with Crippen molar-refractivity contribution in [2.24, 2.45) is 0 Å². The summed E-state index contributed by atoms with van der Waals surface area (Å²) >= 11 is 0. The number of nitrogens with zero attached hydrogens (tertiary/aromatic N) is 1. The van der Waals surface area contributed by atoms with Gasteiger partial charge in [0, 0.05) is 12.1 Å². The van der Waals surface area contributed by atoms with Crippen LogP contribution in [-0.4, -0.2) is 31.9 Å². The Labute approximate surface area is 128 Å². The number of hydrogen-bond acceptors (Lipinski definition) is 3. The molecule has 21 heavy (non-hydrogen) atoms. The lowest BCUT2D eigenvalue weighted by Crippen LogP contribution is -2.47. The number of sulfonamides is 1. The van der Waals surface area contributed by atoms with Crippen molar-refractivity contribution >= 4 is 10.0 Å². The van der Waals surface area contributed by atoms with E-state index in [4.69, 9.17) is 4.74 Å². The largest absolute Gasteiger partial charge is 0.495 e. The van der Waals surface area contributed by atoms with Gasteiger partial charge in [-0.1, -0.05) is 6.42 Å². The monoisotopic (exact) mass is 311 g/mol. The maximum atomic E-state index is 13.1. The third-order valence-electron chi connectivity index (χ3n) is 4.45. The molecule has 0 amide bonds. The second-order valence-corrected chi connectivity index (χ2v) is 7.86. The summed E-state index contributed by atoms with van der Waals surface area (Å²) in [5, 5.41) is 0. The second-order valence-electron chi connectivity index (χ2n) is 6.05. The maximum absolute atomic E-state index is 13.1. The Morgan fingerprint density at radius 3 is 2.14 bits per heavy atom. The molecule has 0 radical (unpaired) electrons. The second kappa shape index (κ2) is 5.97. The van der Waals surface area contributed by atoms with E-state index in [1.54, 1.807) is 10.4 Å². The number of ether oxygens (including phenoxy) is 1. The molecule has 1 heterocycles. The lowest BCUT2D eigenvalue weighted by atomic mass is 10.0. The average molecular weight is 311 g/mol. The van der Waals surface area contributed by atoms with Gasteiger partial charge in [-0.15, -0.1) is 0 Å². The van der Waals surface area contributed by atoms with Gasteiger partial charge >= 0.3 is 0 Å². The van der Waals surface area contributed by atoms with Gasteiger partial charge in [0.1, 0.15) is 10.6 Å². The van der Waals surface area contributed by atoms with Crippen LogP contribution in [0.25, 0.3) is 0 Å². The molecule has 0 aromatic heterocycles. The van der Waals surface area contributed by atoms with E-state index >= 15 is 0 Å². The molecule has 118 valence electrons. The van der Waals surface area contributed by atoms with Crippen molar-refractivity contribution in [1.29, 1.82) is 0 Å². The number of hydrogen-bond donors (Lipinski definition) is 0. The van der Waals surface area contributed by atoms with Gasteiger partial charge in [0.25, 0.3) is 0 Å². The van der Waals surface area contributed by atoms with Crippen LogP contribution in [0.3, 0.4) is 0 Å². The highest BCUT2D eigenvalue weighted by atomic mass is 32.2. The van der Waals surface area contributed by atoms with E-state index in [-0.39, 0.29) is 17.0 Å². The molecule has 1 saturated heterocycles. The average Bonchev–Trinajstić information content (AvgIpc) is 2.40. The first-order chi connectivity index (χ1) is 9.78. The Morgan fingerprint density at radius 1 is 1.10 bits per heavy atom. The minimum atomic E-state index is -3.53. The summed E-state index contributed by atoms with van der Waals surface area (Å²) in [6.45, 7) is 7.86.